The number of rotatable bonds is 0. The van der Waals surface area contributed by atoms with Crippen LogP contribution >= 0.6 is 0 Å². The van der Waals surface area contributed by atoms with Crippen molar-refractivity contribution in [1.29, 1.82) is 0 Å². The Labute approximate surface area is 98.0 Å². The highest BCUT2D eigenvalue weighted by molar-refractivity contribution is 5.38. The average molecular weight is 222 g/mol. The van der Waals surface area contributed by atoms with Crippen LogP contribution in [0.25, 0.3) is 0 Å². The number of hydrogen-bond acceptors (Lipinski definition) is 2. The normalized spacial score (nSPS) is 42.1. The number of allylic oxidation sites excluding steroid dienone is 1. The van der Waals surface area contributed by atoms with Crippen LogP contribution in [0.2, 0.25) is 0 Å². The van der Waals surface area contributed by atoms with Crippen LogP contribution in [0.3, 0.4) is 0 Å². The minimum atomic E-state index is -0.947. The monoisotopic (exact) mass is 222 g/mol. The molecule has 2 rings (SSSR count). The molecule has 0 aromatic carbocycles. The van der Waals surface area contributed by atoms with Crippen molar-refractivity contribution in [3.63, 3.8) is 0 Å². The Kier molecular flexibility index (Phi) is 2.29. The van der Waals surface area contributed by atoms with Crippen LogP contribution in [0.15, 0.2) is 24.0 Å². The Balaban J connectivity index is 2.57. The van der Waals surface area contributed by atoms with Crippen molar-refractivity contribution < 1.29 is 9.84 Å². The summed E-state index contributed by atoms with van der Waals surface area (Å²) in [6, 6.07) is 0. The summed E-state index contributed by atoms with van der Waals surface area (Å²) in [5.41, 5.74) is -0.861. The lowest BCUT2D eigenvalue weighted by Crippen LogP contribution is -2.66. The second-order valence-corrected chi connectivity index (χ2v) is 6.06. The number of hydrogen-bond donors (Lipinski definition) is 1. The fraction of sp³-hybridized carbons (Fsp3) is 0.714. The van der Waals surface area contributed by atoms with Crippen LogP contribution in [0.5, 0.6) is 0 Å². The van der Waals surface area contributed by atoms with Crippen LogP contribution in [-0.4, -0.2) is 16.3 Å². The fourth-order valence-electron chi connectivity index (χ4n) is 3.58. The summed E-state index contributed by atoms with van der Waals surface area (Å²) < 4.78 is 5.94. The van der Waals surface area contributed by atoms with Gasteiger partial charge in [-0.2, -0.15) is 0 Å². The molecule has 1 saturated carbocycles. The Hall–Kier alpha value is -0.760. The molecule has 1 aliphatic heterocycles. The second-order valence-electron chi connectivity index (χ2n) is 6.06. The van der Waals surface area contributed by atoms with Crippen molar-refractivity contribution in [2.24, 2.45) is 5.41 Å². The number of aliphatic hydroxyl groups is 1. The quantitative estimate of drug-likeness (QED) is 0.682. The van der Waals surface area contributed by atoms with E-state index in [4.69, 9.17) is 4.74 Å². The Morgan fingerprint density at radius 3 is 2.56 bits per heavy atom. The van der Waals surface area contributed by atoms with Gasteiger partial charge in [0.2, 0.25) is 0 Å². The van der Waals surface area contributed by atoms with E-state index < -0.39 is 11.2 Å². The molecule has 1 fully saturated rings. The third kappa shape index (κ3) is 1.22. The molecule has 1 N–H and O–H groups in total. The van der Waals surface area contributed by atoms with E-state index in [0.717, 1.165) is 30.6 Å². The van der Waals surface area contributed by atoms with Crippen molar-refractivity contribution in [2.75, 3.05) is 0 Å². The standard InChI is InChI=1S/C14H22O2/c1-10-9-11(2)16-13(5)8-6-7-12(3,4)14(10,13)15/h9,15H,1,6-8H2,2-5H3. The molecule has 1 heterocycles. The smallest absolute Gasteiger partial charge is 0.139 e. The average Bonchev–Trinajstić information content (AvgIpc) is 2.11. The molecule has 0 aromatic rings. The fourth-order valence-corrected chi connectivity index (χ4v) is 3.58. The molecule has 2 heteroatoms. The van der Waals surface area contributed by atoms with E-state index in [1.807, 2.05) is 19.9 Å². The molecule has 0 amide bonds. The largest absolute Gasteiger partial charge is 0.489 e. The van der Waals surface area contributed by atoms with Gasteiger partial charge in [-0.15, -0.1) is 0 Å². The number of ether oxygens (including phenoxy) is 1. The summed E-state index contributed by atoms with van der Waals surface area (Å²) in [5.74, 6) is 0.856. The van der Waals surface area contributed by atoms with Gasteiger partial charge >= 0.3 is 0 Å². The van der Waals surface area contributed by atoms with Gasteiger partial charge in [0.1, 0.15) is 11.2 Å². The van der Waals surface area contributed by atoms with Gasteiger partial charge in [-0.3, -0.25) is 0 Å². The highest BCUT2D eigenvalue weighted by Crippen LogP contribution is 2.56. The van der Waals surface area contributed by atoms with Gasteiger partial charge in [-0.25, -0.2) is 0 Å². The van der Waals surface area contributed by atoms with Crippen LogP contribution in [0, 0.1) is 5.41 Å². The van der Waals surface area contributed by atoms with Gasteiger partial charge in [0.15, 0.2) is 0 Å². The van der Waals surface area contributed by atoms with Crippen molar-refractivity contribution in [3.05, 3.63) is 24.0 Å². The SMILES string of the molecule is C=C1C=C(C)OC2(C)CCCC(C)(C)C12O. The maximum atomic E-state index is 11.1. The molecule has 2 atom stereocenters. The molecule has 0 saturated heterocycles. The van der Waals surface area contributed by atoms with E-state index in [2.05, 4.69) is 20.4 Å². The van der Waals surface area contributed by atoms with Gasteiger partial charge in [0.25, 0.3) is 0 Å². The summed E-state index contributed by atoms with van der Waals surface area (Å²) in [6.07, 6.45) is 4.85. The molecule has 90 valence electrons. The topological polar surface area (TPSA) is 29.5 Å². The van der Waals surface area contributed by atoms with Crippen molar-refractivity contribution in [3.8, 4) is 0 Å². The molecular formula is C14H22O2. The van der Waals surface area contributed by atoms with E-state index in [1.165, 1.54) is 0 Å². The minimum absolute atomic E-state index is 0.186. The zero-order chi connectivity index (χ0) is 12.2. The van der Waals surface area contributed by atoms with Crippen LogP contribution in [0.1, 0.15) is 47.0 Å². The van der Waals surface area contributed by atoms with E-state index in [-0.39, 0.29) is 5.41 Å². The molecule has 1 aliphatic carbocycles. The first-order valence-corrected chi connectivity index (χ1v) is 6.02. The van der Waals surface area contributed by atoms with E-state index in [1.54, 1.807) is 0 Å². The van der Waals surface area contributed by atoms with Crippen molar-refractivity contribution in [2.45, 2.75) is 58.2 Å². The summed E-state index contributed by atoms with van der Waals surface area (Å²) in [7, 11) is 0. The molecule has 2 aliphatic rings. The van der Waals surface area contributed by atoms with Crippen LogP contribution in [0.4, 0.5) is 0 Å². The van der Waals surface area contributed by atoms with Gasteiger partial charge in [0.05, 0.1) is 5.76 Å². The first-order valence-electron chi connectivity index (χ1n) is 6.02. The maximum Gasteiger partial charge on any atom is 0.139 e. The van der Waals surface area contributed by atoms with Gasteiger partial charge in [0, 0.05) is 5.41 Å². The van der Waals surface area contributed by atoms with Crippen molar-refractivity contribution in [1.82, 2.24) is 0 Å². The summed E-state index contributed by atoms with van der Waals surface area (Å²) in [4.78, 5) is 0. The second kappa shape index (κ2) is 3.13. The van der Waals surface area contributed by atoms with Crippen LogP contribution in [-0.2, 0) is 4.74 Å². The number of fused-ring (bicyclic) bond motifs is 1. The molecule has 0 radical (unpaired) electrons. The zero-order valence-corrected chi connectivity index (χ0v) is 10.8. The van der Waals surface area contributed by atoms with Gasteiger partial charge in [-0.05, 0) is 44.8 Å². The summed E-state index contributed by atoms with van der Waals surface area (Å²) in [6.45, 7) is 12.2. The molecular weight excluding hydrogens is 200 g/mol. The zero-order valence-electron chi connectivity index (χ0n) is 10.8. The predicted octanol–water partition coefficient (Wildman–Crippen LogP) is 3.18. The lowest BCUT2D eigenvalue weighted by Gasteiger charge is -2.59. The molecule has 0 aromatic heterocycles. The summed E-state index contributed by atoms with van der Waals surface area (Å²) >= 11 is 0. The Bertz CT molecular complexity index is 367. The molecule has 2 nitrogen and oxygen atoms in total. The molecule has 16 heavy (non-hydrogen) atoms. The van der Waals surface area contributed by atoms with E-state index in [9.17, 15) is 5.11 Å². The molecule has 0 bridgehead atoms. The third-order valence-corrected chi connectivity index (χ3v) is 4.43. The third-order valence-electron chi connectivity index (χ3n) is 4.43. The van der Waals surface area contributed by atoms with Crippen molar-refractivity contribution >= 4 is 0 Å². The first kappa shape index (κ1) is 11.7. The lowest BCUT2D eigenvalue weighted by molar-refractivity contribution is -0.214. The van der Waals surface area contributed by atoms with Gasteiger partial charge < -0.3 is 9.84 Å². The predicted molar refractivity (Wildman–Crippen MR) is 65.0 cm³/mol. The lowest BCUT2D eigenvalue weighted by atomic mass is 9.55. The highest BCUT2D eigenvalue weighted by Gasteiger charge is 2.62. The molecule has 2 unspecified atom stereocenters. The molecule has 0 spiro atoms. The summed E-state index contributed by atoms with van der Waals surface area (Å²) in [5, 5.41) is 11.1. The Morgan fingerprint density at radius 2 is 1.94 bits per heavy atom. The van der Waals surface area contributed by atoms with E-state index in [0.29, 0.717) is 0 Å². The Morgan fingerprint density at radius 1 is 1.31 bits per heavy atom. The van der Waals surface area contributed by atoms with Crippen LogP contribution < -0.4 is 0 Å². The first-order chi connectivity index (χ1) is 7.23. The minimum Gasteiger partial charge on any atom is -0.489 e. The van der Waals surface area contributed by atoms with E-state index >= 15 is 0 Å². The maximum absolute atomic E-state index is 11.1. The van der Waals surface area contributed by atoms with Gasteiger partial charge in [-0.1, -0.05) is 20.4 Å². The highest BCUT2D eigenvalue weighted by atomic mass is 16.5.